The molecular weight excluding hydrogens is 490 g/mol. The Balaban J connectivity index is 0.000000148. The highest BCUT2D eigenvalue weighted by Crippen LogP contribution is 2.14. The number of rotatable bonds is 6. The van der Waals surface area contributed by atoms with Crippen LogP contribution in [-0.4, -0.2) is 47.5 Å². The van der Waals surface area contributed by atoms with E-state index >= 15 is 0 Å². The molecule has 4 aromatic rings. The summed E-state index contributed by atoms with van der Waals surface area (Å²) in [6.07, 6.45) is 7.56. The van der Waals surface area contributed by atoms with Gasteiger partial charge in [-0.25, -0.2) is 4.98 Å². The molecule has 0 fully saturated rings. The zero-order valence-electron chi connectivity index (χ0n) is 20.0. The Labute approximate surface area is 220 Å². The highest BCUT2D eigenvalue weighted by molar-refractivity contribution is 7.09. The van der Waals surface area contributed by atoms with Crippen molar-refractivity contribution in [2.24, 2.45) is 0 Å². The van der Waals surface area contributed by atoms with E-state index < -0.39 is 14.2 Å². The van der Waals surface area contributed by atoms with E-state index in [-0.39, 0.29) is 0 Å². The zero-order chi connectivity index (χ0) is 24.7. The van der Waals surface area contributed by atoms with Gasteiger partial charge >= 0.3 is 14.2 Å². The second-order valence-corrected chi connectivity index (χ2v) is 10.6. The minimum absolute atomic E-state index is 0.604. The zero-order valence-corrected chi connectivity index (χ0v) is 21.6. The summed E-state index contributed by atoms with van der Waals surface area (Å²) in [5.41, 5.74) is 11.6. The van der Waals surface area contributed by atoms with Crippen molar-refractivity contribution in [2.75, 3.05) is 13.2 Å². The van der Waals surface area contributed by atoms with Gasteiger partial charge in [0, 0.05) is 29.7 Å². The van der Waals surface area contributed by atoms with Gasteiger partial charge in [0.15, 0.2) is 0 Å². The third-order valence-corrected chi connectivity index (χ3v) is 8.02. The van der Waals surface area contributed by atoms with Crippen LogP contribution in [0.15, 0.2) is 59.0 Å². The highest BCUT2D eigenvalue weighted by atomic mass is 32.1. The molecule has 0 spiro atoms. The van der Waals surface area contributed by atoms with Crippen LogP contribution in [0, 0.1) is 0 Å². The fourth-order valence-electron chi connectivity index (χ4n) is 4.52. The van der Waals surface area contributed by atoms with Crippen LogP contribution in [0.4, 0.5) is 0 Å². The van der Waals surface area contributed by atoms with Gasteiger partial charge in [-0.05, 0) is 71.7 Å². The van der Waals surface area contributed by atoms with Gasteiger partial charge < -0.3 is 19.4 Å². The van der Waals surface area contributed by atoms with Crippen LogP contribution >= 0.6 is 22.7 Å². The molecule has 36 heavy (non-hydrogen) atoms. The summed E-state index contributed by atoms with van der Waals surface area (Å²) >= 11 is 3.31. The quantitative estimate of drug-likeness (QED) is 0.382. The van der Waals surface area contributed by atoms with Crippen LogP contribution in [0.3, 0.4) is 0 Å². The number of hydrogen-bond donors (Lipinski definition) is 2. The third-order valence-electron chi connectivity index (χ3n) is 6.54. The number of aryl methyl sites for hydroxylation is 4. The van der Waals surface area contributed by atoms with Crippen LogP contribution in [0.1, 0.15) is 32.8 Å². The highest BCUT2D eigenvalue weighted by Gasteiger charge is 2.25. The van der Waals surface area contributed by atoms with E-state index in [4.69, 9.17) is 9.31 Å². The van der Waals surface area contributed by atoms with Gasteiger partial charge in [-0.15, -0.1) is 22.7 Å². The first-order chi connectivity index (χ1) is 17.7. The molecule has 0 aliphatic carbocycles. The van der Waals surface area contributed by atoms with Crippen molar-refractivity contribution in [2.45, 2.75) is 38.5 Å². The molecule has 0 unspecified atom stereocenters. The minimum atomic E-state index is -0.757. The minimum Gasteiger partial charge on any atom is -0.423 e. The Morgan fingerprint density at radius 1 is 0.806 bits per heavy atom. The summed E-state index contributed by atoms with van der Waals surface area (Å²) in [4.78, 5) is 9.65. The van der Waals surface area contributed by atoms with E-state index in [2.05, 4.69) is 51.7 Å². The van der Waals surface area contributed by atoms with E-state index in [0.29, 0.717) is 13.2 Å². The maximum Gasteiger partial charge on any atom is 0.491 e. The maximum atomic E-state index is 9.81. The van der Waals surface area contributed by atoms with Gasteiger partial charge in [0.05, 0.1) is 16.7 Å². The average Bonchev–Trinajstić information content (AvgIpc) is 3.62. The van der Waals surface area contributed by atoms with Gasteiger partial charge in [-0.2, -0.15) is 0 Å². The van der Waals surface area contributed by atoms with Crippen molar-refractivity contribution in [3.63, 3.8) is 0 Å². The van der Waals surface area contributed by atoms with Gasteiger partial charge in [0.25, 0.3) is 0 Å². The van der Waals surface area contributed by atoms with Crippen LogP contribution in [0.25, 0.3) is 0 Å². The first-order valence-electron chi connectivity index (χ1n) is 12.2. The van der Waals surface area contributed by atoms with Crippen LogP contribution < -0.4 is 10.9 Å². The number of hydrogen-bond acceptors (Lipinski definition) is 8. The van der Waals surface area contributed by atoms with E-state index in [1.165, 1.54) is 27.1 Å². The molecule has 6 nitrogen and oxygen atoms in total. The largest absolute Gasteiger partial charge is 0.491 e. The fraction of sp³-hybridized carbons (Fsp3) is 0.308. The van der Waals surface area contributed by atoms with Crippen LogP contribution in [0.2, 0.25) is 0 Å². The molecular formula is C26H28B2N2O4S2. The van der Waals surface area contributed by atoms with Crippen LogP contribution in [0.5, 0.6) is 0 Å². The molecule has 2 aromatic carbocycles. The Bertz CT molecular complexity index is 1160. The summed E-state index contributed by atoms with van der Waals surface area (Å²) in [7, 11) is -1.51. The van der Waals surface area contributed by atoms with Crippen molar-refractivity contribution in [1.82, 2.24) is 9.97 Å². The second-order valence-electron chi connectivity index (χ2n) is 8.96. The molecule has 2 aromatic heterocycles. The van der Waals surface area contributed by atoms with E-state index in [1.807, 2.05) is 17.2 Å². The SMILES string of the molecule is OB1OCCc2ccc(CCc3cncs3)cc21.OB1OCCc2ccc(CCc3cscn3)cc21. The van der Waals surface area contributed by atoms with Crippen molar-refractivity contribution in [3.8, 4) is 0 Å². The number of nitrogens with zero attached hydrogens (tertiary/aromatic N) is 2. The molecule has 10 heteroatoms. The Morgan fingerprint density at radius 3 is 2.00 bits per heavy atom. The van der Waals surface area contributed by atoms with Gasteiger partial charge in [-0.1, -0.05) is 36.4 Å². The number of aromatic nitrogens is 2. The topological polar surface area (TPSA) is 84.7 Å². The van der Waals surface area contributed by atoms with E-state index in [9.17, 15) is 10.0 Å². The maximum absolute atomic E-state index is 9.81. The summed E-state index contributed by atoms with van der Waals surface area (Å²) in [5, 5.41) is 21.7. The lowest BCUT2D eigenvalue weighted by Crippen LogP contribution is -2.41. The molecule has 0 atom stereocenters. The predicted molar refractivity (Wildman–Crippen MR) is 146 cm³/mol. The monoisotopic (exact) mass is 518 g/mol. The lowest BCUT2D eigenvalue weighted by atomic mass is 9.73. The normalized spacial score (nSPS) is 14.6. The molecule has 2 aliphatic heterocycles. The molecule has 0 saturated carbocycles. The van der Waals surface area contributed by atoms with Gasteiger partial charge in [0.1, 0.15) is 0 Å². The van der Waals surface area contributed by atoms with Crippen LogP contribution in [-0.2, 0) is 47.8 Å². The molecule has 0 radical (unpaired) electrons. The molecule has 0 saturated heterocycles. The number of thiazole rings is 2. The van der Waals surface area contributed by atoms with Gasteiger partial charge in [0.2, 0.25) is 0 Å². The molecule has 2 N–H and O–H groups in total. The van der Waals surface area contributed by atoms with E-state index in [1.54, 1.807) is 22.7 Å². The molecule has 0 bridgehead atoms. The van der Waals surface area contributed by atoms with Crippen molar-refractivity contribution in [3.05, 3.63) is 91.8 Å². The molecule has 6 rings (SSSR count). The molecule has 2 aliphatic rings. The summed E-state index contributed by atoms with van der Waals surface area (Å²) in [6, 6.07) is 12.6. The molecule has 4 heterocycles. The standard InChI is InChI=1S/2C13H14BNO2S/c16-14-13-7-10(1-3-11(13)5-6-17-14)2-4-12-8-18-9-15-12;16-14-13-7-10(1-3-11(13)5-6-17-14)2-4-12-8-15-9-18-12/h2*1,3,7-9,16H,2,4-6H2. The lowest BCUT2D eigenvalue weighted by Gasteiger charge is -2.19. The Morgan fingerprint density at radius 2 is 1.44 bits per heavy atom. The smallest absolute Gasteiger partial charge is 0.423 e. The molecule has 184 valence electrons. The summed E-state index contributed by atoms with van der Waals surface area (Å²) in [6.45, 7) is 1.21. The van der Waals surface area contributed by atoms with E-state index in [0.717, 1.165) is 55.1 Å². The number of fused-ring (bicyclic) bond motifs is 2. The fourth-order valence-corrected chi connectivity index (χ4v) is 5.71. The number of benzene rings is 2. The lowest BCUT2D eigenvalue weighted by molar-refractivity contribution is 0.265. The molecule has 0 amide bonds. The van der Waals surface area contributed by atoms with Crippen molar-refractivity contribution < 1.29 is 19.4 Å². The third kappa shape index (κ3) is 6.51. The van der Waals surface area contributed by atoms with Crippen molar-refractivity contribution >= 4 is 47.8 Å². The predicted octanol–water partition coefficient (Wildman–Crippen LogP) is 2.38. The summed E-state index contributed by atoms with van der Waals surface area (Å²) in [5.74, 6) is 0. The Hall–Kier alpha value is -2.33. The van der Waals surface area contributed by atoms with Gasteiger partial charge in [-0.3, -0.25) is 4.98 Å². The second kappa shape index (κ2) is 12.3. The summed E-state index contributed by atoms with van der Waals surface area (Å²) < 4.78 is 10.5. The average molecular weight is 518 g/mol. The Kier molecular flexibility index (Phi) is 8.63. The first-order valence-corrected chi connectivity index (χ1v) is 14.0. The van der Waals surface area contributed by atoms with Crippen molar-refractivity contribution in [1.29, 1.82) is 0 Å². The first kappa shape index (κ1) is 25.3.